The molecule has 31 heavy (non-hydrogen) atoms. The molecular formula is C25H19N5Ru. The molecule has 0 saturated carbocycles. The molecule has 5 aromatic heterocycles. The molecular weight excluding hydrogens is 471 g/mol. The largest absolute Gasteiger partial charge is 0.255 e. The fourth-order valence-electron chi connectivity index (χ4n) is 2.78. The second kappa shape index (κ2) is 11.5. The van der Waals surface area contributed by atoms with Gasteiger partial charge >= 0.3 is 0 Å². The van der Waals surface area contributed by atoms with Crippen LogP contribution < -0.4 is 0 Å². The summed E-state index contributed by atoms with van der Waals surface area (Å²) in [4.78, 5) is 21.6. The average Bonchev–Trinajstić information content (AvgIpc) is 2.87. The number of nitrogens with zero attached hydrogens (tertiary/aromatic N) is 5. The minimum absolute atomic E-state index is 0. The summed E-state index contributed by atoms with van der Waals surface area (Å²) in [6.45, 7) is 0. The second-order valence-electron chi connectivity index (χ2n) is 6.27. The van der Waals surface area contributed by atoms with Crippen LogP contribution in [0.5, 0.6) is 0 Å². The molecule has 6 heteroatoms. The maximum atomic E-state index is 4.59. The monoisotopic (exact) mass is 491 g/mol. The molecule has 0 aliphatic rings. The van der Waals surface area contributed by atoms with Crippen LogP contribution in [0.4, 0.5) is 0 Å². The first-order chi connectivity index (χ1) is 14.9. The van der Waals surface area contributed by atoms with Crippen molar-refractivity contribution in [1.82, 2.24) is 24.9 Å². The molecule has 0 aliphatic carbocycles. The average molecular weight is 491 g/mol. The van der Waals surface area contributed by atoms with Crippen LogP contribution >= 0.6 is 0 Å². The third kappa shape index (κ3) is 6.17. The number of hydrogen-bond acceptors (Lipinski definition) is 5. The van der Waals surface area contributed by atoms with Gasteiger partial charge in [0.1, 0.15) is 0 Å². The van der Waals surface area contributed by atoms with Gasteiger partial charge in [0.05, 0.1) is 34.2 Å². The second-order valence-corrected chi connectivity index (χ2v) is 6.27. The summed E-state index contributed by atoms with van der Waals surface area (Å²) in [5.41, 5.74) is 5.29. The van der Waals surface area contributed by atoms with Crippen LogP contribution in [-0.2, 0) is 19.5 Å². The molecule has 0 aliphatic heterocycles. The SMILES string of the molecule is [Ru].c1ccc(-c2cccc(-c3ccccn3)n2)nc1.c1ccc(-c2ccccn2)nc1. The van der Waals surface area contributed by atoms with Gasteiger partial charge in [0.25, 0.3) is 0 Å². The van der Waals surface area contributed by atoms with E-state index >= 15 is 0 Å². The standard InChI is InChI=1S/C15H11N3.C10H8N2.Ru/c1-3-10-16-12(6-1)14-8-5-9-15(18-14)13-7-2-4-11-17-13;1-3-7-11-9(5-1)10-6-2-4-8-12-10;/h1-11H;1-8H;. The van der Waals surface area contributed by atoms with Gasteiger partial charge in [0.2, 0.25) is 0 Å². The Bertz CT molecular complexity index is 1080. The van der Waals surface area contributed by atoms with Gasteiger partial charge in [-0.3, -0.25) is 19.9 Å². The molecule has 5 aromatic rings. The fourth-order valence-corrected chi connectivity index (χ4v) is 2.78. The summed E-state index contributed by atoms with van der Waals surface area (Å²) < 4.78 is 0. The van der Waals surface area contributed by atoms with Gasteiger partial charge < -0.3 is 0 Å². The predicted octanol–water partition coefficient (Wildman–Crippen LogP) is 5.35. The van der Waals surface area contributed by atoms with Crippen molar-refractivity contribution in [1.29, 1.82) is 0 Å². The Balaban J connectivity index is 0.000000183. The van der Waals surface area contributed by atoms with Crippen molar-refractivity contribution in [3.63, 3.8) is 0 Å². The van der Waals surface area contributed by atoms with Crippen molar-refractivity contribution in [3.05, 3.63) is 116 Å². The first-order valence-corrected chi connectivity index (χ1v) is 9.52. The third-order valence-electron chi connectivity index (χ3n) is 4.20. The van der Waals surface area contributed by atoms with Crippen LogP contribution in [0.1, 0.15) is 0 Å². The summed E-state index contributed by atoms with van der Waals surface area (Å²) >= 11 is 0. The van der Waals surface area contributed by atoms with E-state index in [9.17, 15) is 0 Å². The molecule has 5 heterocycles. The van der Waals surface area contributed by atoms with E-state index in [1.54, 1.807) is 24.8 Å². The summed E-state index contributed by atoms with van der Waals surface area (Å²) in [6, 6.07) is 29.1. The number of pyridine rings is 5. The van der Waals surface area contributed by atoms with Crippen molar-refractivity contribution in [2.75, 3.05) is 0 Å². The Morgan fingerprint density at radius 1 is 0.323 bits per heavy atom. The third-order valence-corrected chi connectivity index (χ3v) is 4.20. The van der Waals surface area contributed by atoms with Gasteiger partial charge in [-0.1, -0.05) is 30.3 Å². The molecule has 0 unspecified atom stereocenters. The zero-order valence-corrected chi connectivity index (χ0v) is 18.3. The van der Waals surface area contributed by atoms with Gasteiger partial charge in [0, 0.05) is 44.3 Å². The molecule has 0 atom stereocenters. The fraction of sp³-hybridized carbons (Fsp3) is 0. The number of aromatic nitrogens is 5. The van der Waals surface area contributed by atoms with E-state index in [4.69, 9.17) is 0 Å². The maximum absolute atomic E-state index is 4.59. The van der Waals surface area contributed by atoms with E-state index in [1.807, 2.05) is 91.0 Å². The van der Waals surface area contributed by atoms with Crippen LogP contribution in [0.2, 0.25) is 0 Å². The van der Waals surface area contributed by atoms with E-state index in [0.717, 1.165) is 34.2 Å². The molecule has 0 bridgehead atoms. The molecule has 0 fully saturated rings. The minimum atomic E-state index is 0. The van der Waals surface area contributed by atoms with Crippen LogP contribution in [0.25, 0.3) is 34.2 Å². The van der Waals surface area contributed by atoms with Crippen LogP contribution in [0.15, 0.2) is 116 Å². The van der Waals surface area contributed by atoms with Gasteiger partial charge in [-0.05, 0) is 60.7 Å². The van der Waals surface area contributed by atoms with Crippen LogP contribution in [-0.4, -0.2) is 24.9 Å². The Morgan fingerprint density at radius 2 is 0.613 bits per heavy atom. The molecule has 152 valence electrons. The topological polar surface area (TPSA) is 64.5 Å². The number of hydrogen-bond donors (Lipinski definition) is 0. The van der Waals surface area contributed by atoms with Crippen LogP contribution in [0.3, 0.4) is 0 Å². The molecule has 0 aromatic carbocycles. The first kappa shape index (κ1) is 22.1. The van der Waals surface area contributed by atoms with Crippen molar-refractivity contribution in [3.8, 4) is 34.2 Å². The predicted molar refractivity (Wildman–Crippen MR) is 118 cm³/mol. The molecule has 0 saturated heterocycles. The van der Waals surface area contributed by atoms with Gasteiger partial charge in [-0.15, -0.1) is 0 Å². The molecule has 0 N–H and O–H groups in total. The molecule has 0 amide bonds. The van der Waals surface area contributed by atoms with E-state index in [2.05, 4.69) is 24.9 Å². The Morgan fingerprint density at radius 3 is 0.903 bits per heavy atom. The normalized spacial score (nSPS) is 9.68. The molecule has 0 radical (unpaired) electrons. The van der Waals surface area contributed by atoms with Crippen molar-refractivity contribution < 1.29 is 19.5 Å². The summed E-state index contributed by atoms with van der Waals surface area (Å²) in [6.07, 6.45) is 7.07. The van der Waals surface area contributed by atoms with E-state index in [0.29, 0.717) is 0 Å². The van der Waals surface area contributed by atoms with E-state index in [1.165, 1.54) is 0 Å². The Kier molecular flexibility index (Phi) is 8.21. The van der Waals surface area contributed by atoms with E-state index < -0.39 is 0 Å². The Labute approximate surface area is 194 Å². The van der Waals surface area contributed by atoms with Gasteiger partial charge in [-0.2, -0.15) is 0 Å². The summed E-state index contributed by atoms with van der Waals surface area (Å²) in [5, 5.41) is 0. The first-order valence-electron chi connectivity index (χ1n) is 9.52. The molecule has 0 spiro atoms. The minimum Gasteiger partial charge on any atom is -0.255 e. The van der Waals surface area contributed by atoms with E-state index in [-0.39, 0.29) is 19.5 Å². The molecule has 5 nitrogen and oxygen atoms in total. The van der Waals surface area contributed by atoms with Crippen molar-refractivity contribution in [2.24, 2.45) is 0 Å². The zero-order valence-electron chi connectivity index (χ0n) is 16.6. The maximum Gasteiger partial charge on any atom is 0.0894 e. The van der Waals surface area contributed by atoms with Gasteiger partial charge in [-0.25, -0.2) is 4.98 Å². The quantitative estimate of drug-likeness (QED) is 0.319. The summed E-state index contributed by atoms with van der Waals surface area (Å²) in [5.74, 6) is 0. The van der Waals surface area contributed by atoms with Gasteiger partial charge in [0.15, 0.2) is 0 Å². The zero-order chi connectivity index (χ0) is 20.4. The molecule has 5 rings (SSSR count). The Hall–Kier alpha value is -3.63. The van der Waals surface area contributed by atoms with Crippen LogP contribution in [0, 0.1) is 0 Å². The smallest absolute Gasteiger partial charge is 0.0894 e. The summed E-state index contributed by atoms with van der Waals surface area (Å²) in [7, 11) is 0. The van der Waals surface area contributed by atoms with Crippen molar-refractivity contribution >= 4 is 0 Å². The van der Waals surface area contributed by atoms with Crippen molar-refractivity contribution in [2.45, 2.75) is 0 Å². The number of rotatable bonds is 3.